The Balaban J connectivity index is 2.00. The van der Waals surface area contributed by atoms with Crippen molar-refractivity contribution in [2.24, 2.45) is 0 Å². The molecule has 3 rings (SSSR count). The molecule has 0 unspecified atom stereocenters. The highest BCUT2D eigenvalue weighted by molar-refractivity contribution is 7.10. The van der Waals surface area contributed by atoms with Crippen LogP contribution in [-0.2, 0) is 6.54 Å². The molecule has 0 aliphatic rings. The highest BCUT2D eigenvalue weighted by Gasteiger charge is 2.08. The maximum absolute atomic E-state index is 12.4. The van der Waals surface area contributed by atoms with Crippen LogP contribution in [0.1, 0.15) is 16.3 Å². The predicted molar refractivity (Wildman–Crippen MR) is 83.7 cm³/mol. The van der Waals surface area contributed by atoms with Crippen molar-refractivity contribution < 1.29 is 4.39 Å². The molecule has 0 aliphatic carbocycles. The Labute approximate surface area is 126 Å². The quantitative estimate of drug-likeness (QED) is 0.715. The SMILES string of the molecule is FCCn1ccc(/C=C(/c2ccccc2)c2nccs2)n1. The Morgan fingerprint density at radius 2 is 2.10 bits per heavy atom. The van der Waals surface area contributed by atoms with Crippen LogP contribution in [0.3, 0.4) is 0 Å². The zero-order valence-electron chi connectivity index (χ0n) is 11.3. The average Bonchev–Trinajstić information content (AvgIpc) is 3.18. The summed E-state index contributed by atoms with van der Waals surface area (Å²) < 4.78 is 14.0. The molecule has 0 amide bonds. The maximum Gasteiger partial charge on any atom is 0.123 e. The number of rotatable bonds is 5. The summed E-state index contributed by atoms with van der Waals surface area (Å²) in [6.45, 7) is -0.130. The minimum atomic E-state index is -0.414. The minimum Gasteiger partial charge on any atom is -0.270 e. The van der Waals surface area contributed by atoms with Gasteiger partial charge in [-0.2, -0.15) is 5.10 Å². The number of nitrogens with zero attached hydrogens (tertiary/aromatic N) is 3. The first-order chi connectivity index (χ1) is 10.4. The van der Waals surface area contributed by atoms with Gasteiger partial charge in [0.1, 0.15) is 11.7 Å². The zero-order valence-corrected chi connectivity index (χ0v) is 12.1. The molecule has 0 radical (unpaired) electrons. The fourth-order valence-electron chi connectivity index (χ4n) is 2.06. The van der Waals surface area contributed by atoms with Crippen LogP contribution in [0.2, 0.25) is 0 Å². The monoisotopic (exact) mass is 299 g/mol. The molecule has 21 heavy (non-hydrogen) atoms. The second kappa shape index (κ2) is 6.45. The molecule has 2 heterocycles. The number of aromatic nitrogens is 3. The molecule has 2 aromatic heterocycles. The van der Waals surface area contributed by atoms with Gasteiger partial charge < -0.3 is 0 Å². The van der Waals surface area contributed by atoms with Gasteiger partial charge in [0, 0.05) is 23.3 Å². The van der Waals surface area contributed by atoms with Crippen LogP contribution in [-0.4, -0.2) is 21.4 Å². The van der Waals surface area contributed by atoms with E-state index in [0.717, 1.165) is 21.8 Å². The normalized spacial score (nSPS) is 11.8. The first-order valence-electron chi connectivity index (χ1n) is 6.63. The molecule has 0 saturated carbocycles. The second-order valence-corrected chi connectivity index (χ2v) is 5.35. The summed E-state index contributed by atoms with van der Waals surface area (Å²) in [5.41, 5.74) is 2.92. The Morgan fingerprint density at radius 1 is 1.24 bits per heavy atom. The molecule has 3 nitrogen and oxygen atoms in total. The van der Waals surface area contributed by atoms with Gasteiger partial charge in [-0.05, 0) is 17.7 Å². The van der Waals surface area contributed by atoms with Crippen molar-refractivity contribution >= 4 is 23.0 Å². The molecule has 106 valence electrons. The molecular formula is C16H14FN3S. The van der Waals surface area contributed by atoms with Gasteiger partial charge in [0.15, 0.2) is 0 Å². The molecule has 1 aromatic carbocycles. The first-order valence-corrected chi connectivity index (χ1v) is 7.51. The first kappa shape index (κ1) is 13.7. The standard InChI is InChI=1S/C16H14FN3S/c17-7-10-20-9-6-14(19-20)12-15(16-18-8-11-21-16)13-4-2-1-3-5-13/h1-6,8-9,11-12H,7,10H2/b15-12-. The highest BCUT2D eigenvalue weighted by Crippen LogP contribution is 2.26. The van der Waals surface area contributed by atoms with Crippen molar-refractivity contribution in [2.45, 2.75) is 6.54 Å². The Hall–Kier alpha value is -2.27. The van der Waals surface area contributed by atoms with E-state index in [0.29, 0.717) is 0 Å². The summed E-state index contributed by atoms with van der Waals surface area (Å²) in [4.78, 5) is 4.39. The van der Waals surface area contributed by atoms with E-state index in [2.05, 4.69) is 10.1 Å². The number of alkyl halides is 1. The van der Waals surface area contributed by atoms with Gasteiger partial charge >= 0.3 is 0 Å². The summed E-state index contributed by atoms with van der Waals surface area (Å²) in [7, 11) is 0. The average molecular weight is 299 g/mol. The third-order valence-electron chi connectivity index (χ3n) is 3.01. The van der Waals surface area contributed by atoms with Gasteiger partial charge in [0.05, 0.1) is 12.2 Å². The lowest BCUT2D eigenvalue weighted by Crippen LogP contribution is -1.99. The molecule has 0 bridgehead atoms. The van der Waals surface area contributed by atoms with Gasteiger partial charge in [-0.1, -0.05) is 30.3 Å². The summed E-state index contributed by atoms with van der Waals surface area (Å²) >= 11 is 1.59. The number of hydrogen-bond donors (Lipinski definition) is 0. The molecule has 0 spiro atoms. The van der Waals surface area contributed by atoms with Crippen molar-refractivity contribution in [1.82, 2.24) is 14.8 Å². The van der Waals surface area contributed by atoms with E-state index in [9.17, 15) is 4.39 Å². The van der Waals surface area contributed by atoms with Crippen LogP contribution >= 0.6 is 11.3 Å². The Kier molecular flexibility index (Phi) is 4.21. The highest BCUT2D eigenvalue weighted by atomic mass is 32.1. The molecule has 3 aromatic rings. The number of aryl methyl sites for hydroxylation is 1. The third-order valence-corrected chi connectivity index (χ3v) is 3.82. The summed E-state index contributed by atoms with van der Waals surface area (Å²) in [6, 6.07) is 12.0. The predicted octanol–water partition coefficient (Wildman–Crippen LogP) is 3.90. The molecule has 5 heteroatoms. The van der Waals surface area contributed by atoms with Crippen LogP contribution in [0, 0.1) is 0 Å². The van der Waals surface area contributed by atoms with Crippen LogP contribution in [0.4, 0.5) is 4.39 Å². The van der Waals surface area contributed by atoms with Crippen LogP contribution < -0.4 is 0 Å². The van der Waals surface area contributed by atoms with Crippen molar-refractivity contribution in [1.29, 1.82) is 0 Å². The number of halogens is 1. The van der Waals surface area contributed by atoms with E-state index >= 15 is 0 Å². The Morgan fingerprint density at radius 3 is 2.81 bits per heavy atom. The Bertz CT molecular complexity index is 717. The number of benzene rings is 1. The van der Waals surface area contributed by atoms with Crippen molar-refractivity contribution in [3.63, 3.8) is 0 Å². The molecular weight excluding hydrogens is 285 g/mol. The molecule has 0 atom stereocenters. The fourth-order valence-corrected chi connectivity index (χ4v) is 2.73. The summed E-state index contributed by atoms with van der Waals surface area (Å²) in [6.07, 6.45) is 5.57. The van der Waals surface area contributed by atoms with Gasteiger partial charge in [-0.25, -0.2) is 9.37 Å². The molecule has 0 saturated heterocycles. The number of thiazole rings is 1. The largest absolute Gasteiger partial charge is 0.270 e. The maximum atomic E-state index is 12.4. The van der Waals surface area contributed by atoms with Gasteiger partial charge in [-0.15, -0.1) is 11.3 Å². The summed E-state index contributed by atoms with van der Waals surface area (Å²) in [5, 5.41) is 7.25. The van der Waals surface area contributed by atoms with Crippen LogP contribution in [0.15, 0.2) is 54.2 Å². The molecule has 0 aliphatic heterocycles. The van der Waals surface area contributed by atoms with E-state index in [1.165, 1.54) is 0 Å². The lowest BCUT2D eigenvalue weighted by Gasteiger charge is -2.04. The van der Waals surface area contributed by atoms with E-state index in [1.807, 2.05) is 47.9 Å². The van der Waals surface area contributed by atoms with E-state index in [4.69, 9.17) is 0 Å². The molecule has 0 N–H and O–H groups in total. The van der Waals surface area contributed by atoms with Gasteiger partial charge in [-0.3, -0.25) is 4.68 Å². The topological polar surface area (TPSA) is 30.7 Å². The second-order valence-electron chi connectivity index (χ2n) is 4.45. The van der Waals surface area contributed by atoms with Gasteiger partial charge in [0.25, 0.3) is 0 Å². The number of hydrogen-bond acceptors (Lipinski definition) is 3. The van der Waals surface area contributed by atoms with Crippen LogP contribution in [0.5, 0.6) is 0 Å². The van der Waals surface area contributed by atoms with E-state index in [-0.39, 0.29) is 6.54 Å². The van der Waals surface area contributed by atoms with Crippen molar-refractivity contribution in [2.75, 3.05) is 6.67 Å². The van der Waals surface area contributed by atoms with Gasteiger partial charge in [0.2, 0.25) is 0 Å². The van der Waals surface area contributed by atoms with Crippen LogP contribution in [0.25, 0.3) is 11.6 Å². The lowest BCUT2D eigenvalue weighted by molar-refractivity contribution is 0.427. The van der Waals surface area contributed by atoms with Crippen molar-refractivity contribution in [3.05, 3.63) is 70.4 Å². The smallest absolute Gasteiger partial charge is 0.123 e. The van der Waals surface area contributed by atoms with E-state index < -0.39 is 6.67 Å². The third kappa shape index (κ3) is 3.25. The fraction of sp³-hybridized carbons (Fsp3) is 0.125. The minimum absolute atomic E-state index is 0.283. The van der Waals surface area contributed by atoms with Crippen molar-refractivity contribution in [3.8, 4) is 0 Å². The molecule has 0 fully saturated rings. The van der Waals surface area contributed by atoms with E-state index in [1.54, 1.807) is 28.4 Å². The summed E-state index contributed by atoms with van der Waals surface area (Å²) in [5.74, 6) is 0. The zero-order chi connectivity index (χ0) is 14.5. The lowest BCUT2D eigenvalue weighted by atomic mass is 10.1.